The molecule has 0 aromatic carbocycles. The Morgan fingerprint density at radius 3 is 2.86 bits per heavy atom. The number of halogens is 1. The average molecular weight is 214 g/mol. The number of aryl methyl sites for hydroxylation is 1. The van der Waals surface area contributed by atoms with Crippen molar-refractivity contribution < 1.29 is 4.52 Å². The first kappa shape index (κ1) is 10.9. The molecule has 2 heterocycles. The highest BCUT2D eigenvalue weighted by molar-refractivity contribution is 5.85. The molecular formula is C9H12ClN3O. The first-order valence-corrected chi connectivity index (χ1v) is 4.16. The zero-order valence-corrected chi connectivity index (χ0v) is 8.84. The van der Waals surface area contributed by atoms with Crippen LogP contribution < -0.4 is 5.73 Å². The maximum atomic E-state index is 5.71. The highest BCUT2D eigenvalue weighted by Crippen LogP contribution is 2.19. The van der Waals surface area contributed by atoms with Crippen molar-refractivity contribution in [2.45, 2.75) is 19.9 Å². The lowest BCUT2D eigenvalue weighted by Gasteiger charge is -2.02. The van der Waals surface area contributed by atoms with Gasteiger partial charge in [0, 0.05) is 11.4 Å². The van der Waals surface area contributed by atoms with Crippen LogP contribution >= 0.6 is 12.4 Å². The normalized spacial score (nSPS) is 12.5. The van der Waals surface area contributed by atoms with Gasteiger partial charge in [-0.1, -0.05) is 5.16 Å². The molecule has 1 unspecified atom stereocenters. The summed E-state index contributed by atoms with van der Waals surface area (Å²) in [5.74, 6) is 0. The predicted molar refractivity (Wildman–Crippen MR) is 56.4 cm³/mol. The van der Waals surface area contributed by atoms with E-state index in [0.29, 0.717) is 5.58 Å². The van der Waals surface area contributed by atoms with Crippen LogP contribution in [0.2, 0.25) is 0 Å². The van der Waals surface area contributed by atoms with Crippen molar-refractivity contribution in [1.29, 1.82) is 0 Å². The highest BCUT2D eigenvalue weighted by atomic mass is 35.5. The molecule has 2 N–H and O–H groups in total. The van der Waals surface area contributed by atoms with Crippen molar-refractivity contribution >= 4 is 23.4 Å². The first-order valence-electron chi connectivity index (χ1n) is 4.16. The maximum absolute atomic E-state index is 5.71. The molecule has 0 aliphatic carbocycles. The van der Waals surface area contributed by atoms with Gasteiger partial charge in [-0.05, 0) is 19.9 Å². The molecule has 2 aromatic heterocycles. The SMILES string of the molecule is Cc1noc2cnc(C(C)N)cc12.Cl. The zero-order valence-electron chi connectivity index (χ0n) is 8.02. The minimum absolute atomic E-state index is 0. The molecule has 2 aromatic rings. The molecule has 0 fully saturated rings. The third kappa shape index (κ3) is 1.71. The molecule has 0 saturated carbocycles. The van der Waals surface area contributed by atoms with Crippen LogP contribution in [-0.2, 0) is 0 Å². The highest BCUT2D eigenvalue weighted by Gasteiger charge is 2.07. The molecule has 0 aliphatic rings. The van der Waals surface area contributed by atoms with E-state index in [9.17, 15) is 0 Å². The van der Waals surface area contributed by atoms with E-state index in [1.54, 1.807) is 6.20 Å². The van der Waals surface area contributed by atoms with Crippen LogP contribution in [0.5, 0.6) is 0 Å². The van der Waals surface area contributed by atoms with Gasteiger partial charge < -0.3 is 10.3 Å². The fraction of sp³-hybridized carbons (Fsp3) is 0.333. The lowest BCUT2D eigenvalue weighted by Crippen LogP contribution is -2.06. The number of nitrogens with zero attached hydrogens (tertiary/aromatic N) is 2. The third-order valence-electron chi connectivity index (χ3n) is 2.03. The molecule has 1 atom stereocenters. The summed E-state index contributed by atoms with van der Waals surface area (Å²) in [5, 5.41) is 4.83. The van der Waals surface area contributed by atoms with E-state index < -0.39 is 0 Å². The van der Waals surface area contributed by atoms with Gasteiger partial charge in [0.1, 0.15) is 0 Å². The molecular weight excluding hydrogens is 202 g/mol. The molecule has 14 heavy (non-hydrogen) atoms. The van der Waals surface area contributed by atoms with Gasteiger partial charge in [0.25, 0.3) is 0 Å². The summed E-state index contributed by atoms with van der Waals surface area (Å²) in [4.78, 5) is 4.16. The average Bonchev–Trinajstić information content (AvgIpc) is 2.47. The Morgan fingerprint density at radius 2 is 2.21 bits per heavy atom. The number of aromatic nitrogens is 2. The van der Waals surface area contributed by atoms with Gasteiger partial charge in [-0.15, -0.1) is 12.4 Å². The Kier molecular flexibility index (Phi) is 3.08. The summed E-state index contributed by atoms with van der Waals surface area (Å²) < 4.78 is 5.03. The van der Waals surface area contributed by atoms with Crippen LogP contribution in [0.1, 0.15) is 24.4 Å². The summed E-state index contributed by atoms with van der Waals surface area (Å²) >= 11 is 0. The van der Waals surface area contributed by atoms with Crippen molar-refractivity contribution in [3.8, 4) is 0 Å². The molecule has 4 nitrogen and oxygen atoms in total. The number of fused-ring (bicyclic) bond motifs is 1. The molecule has 0 spiro atoms. The maximum Gasteiger partial charge on any atom is 0.185 e. The van der Waals surface area contributed by atoms with Gasteiger partial charge in [0.05, 0.1) is 17.6 Å². The number of hydrogen-bond donors (Lipinski definition) is 1. The Morgan fingerprint density at radius 1 is 1.50 bits per heavy atom. The van der Waals surface area contributed by atoms with Gasteiger partial charge in [-0.3, -0.25) is 4.98 Å². The molecule has 0 radical (unpaired) electrons. The second-order valence-corrected chi connectivity index (χ2v) is 3.16. The van der Waals surface area contributed by atoms with E-state index in [0.717, 1.165) is 16.8 Å². The van der Waals surface area contributed by atoms with E-state index in [1.807, 2.05) is 19.9 Å². The fourth-order valence-corrected chi connectivity index (χ4v) is 1.23. The lowest BCUT2D eigenvalue weighted by atomic mass is 10.2. The van der Waals surface area contributed by atoms with Crippen molar-refractivity contribution in [1.82, 2.24) is 10.1 Å². The first-order chi connectivity index (χ1) is 6.18. The number of pyridine rings is 1. The second kappa shape index (κ2) is 3.94. The summed E-state index contributed by atoms with van der Waals surface area (Å²) in [6.45, 7) is 3.80. The number of nitrogens with two attached hydrogens (primary N) is 1. The van der Waals surface area contributed by atoms with Crippen molar-refractivity contribution in [2.75, 3.05) is 0 Å². The fourth-order valence-electron chi connectivity index (χ4n) is 1.23. The zero-order chi connectivity index (χ0) is 9.42. The van der Waals surface area contributed by atoms with Crippen LogP contribution in [0.3, 0.4) is 0 Å². The second-order valence-electron chi connectivity index (χ2n) is 3.16. The van der Waals surface area contributed by atoms with Crippen LogP contribution in [-0.4, -0.2) is 10.1 Å². The summed E-state index contributed by atoms with van der Waals surface area (Å²) in [6, 6.07) is 1.87. The van der Waals surface area contributed by atoms with Crippen molar-refractivity contribution in [3.63, 3.8) is 0 Å². The van der Waals surface area contributed by atoms with Crippen molar-refractivity contribution in [3.05, 3.63) is 23.7 Å². The van der Waals surface area contributed by atoms with Crippen LogP contribution in [0.25, 0.3) is 11.0 Å². The van der Waals surface area contributed by atoms with Gasteiger partial charge in [0.2, 0.25) is 0 Å². The monoisotopic (exact) mass is 213 g/mol. The molecule has 0 bridgehead atoms. The van der Waals surface area contributed by atoms with Crippen molar-refractivity contribution in [2.24, 2.45) is 5.73 Å². The van der Waals surface area contributed by atoms with Crippen LogP contribution in [0.15, 0.2) is 16.8 Å². The largest absolute Gasteiger partial charge is 0.354 e. The molecule has 0 amide bonds. The molecule has 0 saturated heterocycles. The topological polar surface area (TPSA) is 64.9 Å². The predicted octanol–water partition coefficient (Wildman–Crippen LogP) is 1.97. The quantitative estimate of drug-likeness (QED) is 0.787. The standard InChI is InChI=1S/C9H11N3O.ClH/c1-5(10)8-3-7-6(2)12-13-9(7)4-11-8;/h3-5H,10H2,1-2H3;1H. The van der Waals surface area contributed by atoms with Gasteiger partial charge in [-0.25, -0.2) is 0 Å². The lowest BCUT2D eigenvalue weighted by molar-refractivity contribution is 0.449. The smallest absolute Gasteiger partial charge is 0.185 e. The molecule has 2 rings (SSSR count). The van der Waals surface area contributed by atoms with E-state index in [4.69, 9.17) is 10.3 Å². The number of hydrogen-bond acceptors (Lipinski definition) is 4. The van der Waals surface area contributed by atoms with Gasteiger partial charge in [-0.2, -0.15) is 0 Å². The van der Waals surface area contributed by atoms with E-state index in [2.05, 4.69) is 10.1 Å². The molecule has 0 aliphatic heterocycles. The minimum Gasteiger partial charge on any atom is -0.354 e. The third-order valence-corrected chi connectivity index (χ3v) is 2.03. The number of rotatable bonds is 1. The summed E-state index contributed by atoms with van der Waals surface area (Å²) in [7, 11) is 0. The van der Waals surface area contributed by atoms with Gasteiger partial charge >= 0.3 is 0 Å². The Balaban J connectivity index is 0.000000980. The van der Waals surface area contributed by atoms with Crippen LogP contribution in [0, 0.1) is 6.92 Å². The summed E-state index contributed by atoms with van der Waals surface area (Å²) in [6.07, 6.45) is 1.66. The summed E-state index contributed by atoms with van der Waals surface area (Å²) in [5.41, 5.74) is 8.15. The Bertz CT molecular complexity index is 439. The Hall–Kier alpha value is -1.13. The van der Waals surface area contributed by atoms with E-state index in [1.165, 1.54) is 0 Å². The van der Waals surface area contributed by atoms with Gasteiger partial charge in [0.15, 0.2) is 5.58 Å². The minimum atomic E-state index is -0.0568. The van der Waals surface area contributed by atoms with E-state index >= 15 is 0 Å². The van der Waals surface area contributed by atoms with Crippen LogP contribution in [0.4, 0.5) is 0 Å². The Labute approximate surface area is 87.9 Å². The molecule has 76 valence electrons. The van der Waals surface area contributed by atoms with E-state index in [-0.39, 0.29) is 18.4 Å². The molecule has 5 heteroatoms.